The van der Waals surface area contributed by atoms with Gasteiger partial charge in [-0.25, -0.2) is 0 Å². The lowest BCUT2D eigenvalue weighted by molar-refractivity contribution is -0.130. The van der Waals surface area contributed by atoms with Crippen molar-refractivity contribution in [1.82, 2.24) is 15.0 Å². The highest BCUT2D eigenvalue weighted by atomic mass is 16.5. The Kier molecular flexibility index (Phi) is 8.42. The molecule has 0 fully saturated rings. The van der Waals surface area contributed by atoms with Gasteiger partial charge in [-0.05, 0) is 31.7 Å². The molecule has 0 radical (unpaired) electrons. The van der Waals surface area contributed by atoms with Crippen molar-refractivity contribution in [3.63, 3.8) is 0 Å². The fourth-order valence-corrected chi connectivity index (χ4v) is 2.69. The standard InChI is InChI=1S/C21H28N4O3/c1-4-24(5-2)13-14-25(16-20(26)22-19-15-17(3)28-23-19)21(27)12-11-18-9-7-6-8-10-18/h6-12,15H,4-5,13-14,16H2,1-3H3,(H,22,23,26)/b12-11+. The maximum atomic E-state index is 12.7. The smallest absolute Gasteiger partial charge is 0.247 e. The quantitative estimate of drug-likeness (QED) is 0.637. The van der Waals surface area contributed by atoms with Gasteiger partial charge in [-0.1, -0.05) is 49.3 Å². The van der Waals surface area contributed by atoms with Crippen molar-refractivity contribution in [2.45, 2.75) is 20.8 Å². The van der Waals surface area contributed by atoms with Crippen LogP contribution in [0.3, 0.4) is 0 Å². The fourth-order valence-electron chi connectivity index (χ4n) is 2.69. The van der Waals surface area contributed by atoms with Gasteiger partial charge in [-0.3, -0.25) is 9.59 Å². The zero-order valence-electron chi connectivity index (χ0n) is 16.7. The van der Waals surface area contributed by atoms with Crippen LogP contribution >= 0.6 is 0 Å². The van der Waals surface area contributed by atoms with Gasteiger partial charge in [0, 0.05) is 25.2 Å². The first kappa shape index (κ1) is 21.4. The number of anilines is 1. The van der Waals surface area contributed by atoms with Crippen molar-refractivity contribution >= 4 is 23.7 Å². The average Bonchev–Trinajstić information content (AvgIpc) is 3.11. The summed E-state index contributed by atoms with van der Waals surface area (Å²) >= 11 is 0. The Morgan fingerprint density at radius 2 is 1.86 bits per heavy atom. The molecule has 0 aliphatic carbocycles. The van der Waals surface area contributed by atoms with Crippen LogP contribution in [0.25, 0.3) is 6.08 Å². The number of amides is 2. The first-order valence-corrected chi connectivity index (χ1v) is 9.49. The van der Waals surface area contributed by atoms with Crippen molar-refractivity contribution < 1.29 is 14.1 Å². The Morgan fingerprint density at radius 3 is 2.46 bits per heavy atom. The van der Waals surface area contributed by atoms with Gasteiger partial charge in [0.1, 0.15) is 12.3 Å². The van der Waals surface area contributed by atoms with Crippen LogP contribution < -0.4 is 5.32 Å². The third-order valence-corrected chi connectivity index (χ3v) is 4.34. The number of aryl methyl sites for hydroxylation is 1. The molecule has 1 aromatic heterocycles. The molecular formula is C21H28N4O3. The largest absolute Gasteiger partial charge is 0.360 e. The number of hydrogen-bond acceptors (Lipinski definition) is 5. The Morgan fingerprint density at radius 1 is 1.14 bits per heavy atom. The third-order valence-electron chi connectivity index (χ3n) is 4.34. The summed E-state index contributed by atoms with van der Waals surface area (Å²) in [6.07, 6.45) is 3.26. The summed E-state index contributed by atoms with van der Waals surface area (Å²) in [4.78, 5) is 28.8. The highest BCUT2D eigenvalue weighted by Crippen LogP contribution is 2.07. The molecule has 0 atom stereocenters. The molecule has 0 aliphatic rings. The van der Waals surface area contributed by atoms with Crippen LogP contribution in [0.15, 0.2) is 47.0 Å². The van der Waals surface area contributed by atoms with Crippen LogP contribution in [0, 0.1) is 6.92 Å². The highest BCUT2D eigenvalue weighted by molar-refractivity contribution is 5.97. The van der Waals surface area contributed by atoms with Gasteiger partial charge >= 0.3 is 0 Å². The summed E-state index contributed by atoms with van der Waals surface area (Å²) < 4.78 is 4.95. The van der Waals surface area contributed by atoms with Gasteiger partial charge in [0.05, 0.1) is 0 Å². The number of nitrogens with one attached hydrogen (secondary N) is 1. The van der Waals surface area contributed by atoms with Gasteiger partial charge in [-0.15, -0.1) is 0 Å². The van der Waals surface area contributed by atoms with Crippen molar-refractivity contribution in [3.8, 4) is 0 Å². The van der Waals surface area contributed by atoms with Crippen LogP contribution in [-0.2, 0) is 9.59 Å². The second-order valence-electron chi connectivity index (χ2n) is 6.40. The molecule has 0 bridgehead atoms. The molecule has 2 amide bonds. The van der Waals surface area contributed by atoms with Gasteiger partial charge in [0.25, 0.3) is 0 Å². The Labute approximate surface area is 166 Å². The number of likely N-dealkylation sites (N-methyl/N-ethyl adjacent to an activating group) is 1. The minimum absolute atomic E-state index is 0.0505. The fraction of sp³-hybridized carbons (Fsp3) is 0.381. The lowest BCUT2D eigenvalue weighted by Gasteiger charge is -2.25. The molecule has 0 unspecified atom stereocenters. The van der Waals surface area contributed by atoms with Gasteiger partial charge < -0.3 is 19.6 Å². The van der Waals surface area contributed by atoms with Gasteiger partial charge in [0.15, 0.2) is 5.82 Å². The molecular weight excluding hydrogens is 356 g/mol. The number of benzene rings is 1. The van der Waals surface area contributed by atoms with Crippen LogP contribution in [0.5, 0.6) is 0 Å². The third kappa shape index (κ3) is 7.00. The SMILES string of the molecule is CCN(CC)CCN(CC(=O)Nc1cc(C)on1)C(=O)/C=C/c1ccccc1. The molecule has 0 saturated heterocycles. The summed E-state index contributed by atoms with van der Waals surface area (Å²) in [6, 6.07) is 11.2. The maximum Gasteiger partial charge on any atom is 0.247 e. The first-order valence-electron chi connectivity index (χ1n) is 9.49. The van der Waals surface area contributed by atoms with Crippen LogP contribution in [0.2, 0.25) is 0 Å². The number of aromatic nitrogens is 1. The molecule has 7 nitrogen and oxygen atoms in total. The second-order valence-corrected chi connectivity index (χ2v) is 6.40. The topological polar surface area (TPSA) is 78.7 Å². The molecule has 28 heavy (non-hydrogen) atoms. The zero-order valence-corrected chi connectivity index (χ0v) is 16.7. The lowest BCUT2D eigenvalue weighted by atomic mass is 10.2. The molecule has 0 saturated carbocycles. The molecule has 7 heteroatoms. The van der Waals surface area contributed by atoms with Crippen LogP contribution in [0.1, 0.15) is 25.2 Å². The summed E-state index contributed by atoms with van der Waals surface area (Å²) in [5.41, 5.74) is 0.932. The van der Waals surface area contributed by atoms with E-state index in [2.05, 4.69) is 29.2 Å². The highest BCUT2D eigenvalue weighted by Gasteiger charge is 2.17. The van der Waals surface area contributed by atoms with Crippen LogP contribution in [-0.4, -0.2) is 59.5 Å². The normalized spacial score (nSPS) is 11.1. The summed E-state index contributed by atoms with van der Waals surface area (Å²) in [5, 5.41) is 6.41. The van der Waals surface area contributed by atoms with E-state index in [-0.39, 0.29) is 18.4 Å². The van der Waals surface area contributed by atoms with Crippen molar-refractivity contribution in [2.24, 2.45) is 0 Å². The van der Waals surface area contributed by atoms with E-state index in [4.69, 9.17) is 4.52 Å². The zero-order chi connectivity index (χ0) is 20.4. The molecule has 150 valence electrons. The number of carbonyl (C=O) groups is 2. The monoisotopic (exact) mass is 384 g/mol. The summed E-state index contributed by atoms with van der Waals surface area (Å²) in [5.74, 6) is 0.436. The predicted octanol–water partition coefficient (Wildman–Crippen LogP) is 2.81. The second kappa shape index (κ2) is 11.0. The predicted molar refractivity (Wildman–Crippen MR) is 110 cm³/mol. The van der Waals surface area contributed by atoms with Crippen LogP contribution in [0.4, 0.5) is 5.82 Å². The first-order chi connectivity index (χ1) is 13.5. The molecule has 1 aromatic carbocycles. The number of hydrogen-bond donors (Lipinski definition) is 1. The number of carbonyl (C=O) groups excluding carboxylic acids is 2. The minimum Gasteiger partial charge on any atom is -0.360 e. The van der Waals surface area contributed by atoms with E-state index in [1.165, 1.54) is 6.08 Å². The molecule has 1 heterocycles. The number of nitrogens with zero attached hydrogens (tertiary/aromatic N) is 3. The van der Waals surface area contributed by atoms with E-state index in [1.807, 2.05) is 30.3 Å². The van der Waals surface area contributed by atoms with E-state index < -0.39 is 0 Å². The summed E-state index contributed by atoms with van der Waals surface area (Å²) in [7, 11) is 0. The molecule has 0 spiro atoms. The Bertz CT molecular complexity index is 782. The van der Waals surface area contributed by atoms with E-state index in [1.54, 1.807) is 24.0 Å². The van der Waals surface area contributed by atoms with Gasteiger partial charge in [0.2, 0.25) is 11.8 Å². The van der Waals surface area contributed by atoms with E-state index in [9.17, 15) is 9.59 Å². The lowest BCUT2D eigenvalue weighted by Crippen LogP contribution is -2.42. The molecule has 0 aliphatic heterocycles. The number of rotatable bonds is 10. The Hall–Kier alpha value is -2.93. The minimum atomic E-state index is -0.311. The van der Waals surface area contributed by atoms with E-state index >= 15 is 0 Å². The maximum absolute atomic E-state index is 12.7. The van der Waals surface area contributed by atoms with Crippen molar-refractivity contribution in [2.75, 3.05) is 38.0 Å². The van der Waals surface area contributed by atoms with E-state index in [0.717, 1.165) is 18.7 Å². The summed E-state index contributed by atoms with van der Waals surface area (Å²) in [6.45, 7) is 8.79. The molecule has 2 rings (SSSR count). The molecule has 2 aromatic rings. The molecule has 1 N–H and O–H groups in total. The van der Waals surface area contributed by atoms with Crippen molar-refractivity contribution in [3.05, 3.63) is 53.8 Å². The average molecular weight is 384 g/mol. The van der Waals surface area contributed by atoms with Gasteiger partial charge in [-0.2, -0.15) is 0 Å². The van der Waals surface area contributed by atoms with E-state index in [0.29, 0.717) is 24.7 Å². The Balaban J connectivity index is 2.03. The van der Waals surface area contributed by atoms with Crippen molar-refractivity contribution in [1.29, 1.82) is 0 Å².